The molecule has 0 saturated carbocycles. The molecule has 0 bridgehead atoms. The first kappa shape index (κ1) is 13.2. The molecule has 3 rings (SSSR count). The van der Waals surface area contributed by atoms with Gasteiger partial charge in [-0.15, -0.1) is 10.2 Å². The van der Waals surface area contributed by atoms with Crippen molar-refractivity contribution in [3.63, 3.8) is 0 Å². The molecule has 1 saturated heterocycles. The van der Waals surface area contributed by atoms with Crippen LogP contribution in [-0.2, 0) is 4.79 Å². The quantitative estimate of drug-likeness (QED) is 0.938. The first-order chi connectivity index (χ1) is 9.83. The van der Waals surface area contributed by atoms with Crippen molar-refractivity contribution in [3.8, 4) is 0 Å². The Morgan fingerprint density at radius 1 is 1.40 bits per heavy atom. The van der Waals surface area contributed by atoms with E-state index in [1.165, 1.54) is 16.9 Å². The van der Waals surface area contributed by atoms with Gasteiger partial charge in [0.15, 0.2) is 0 Å². The fourth-order valence-corrected chi connectivity index (χ4v) is 3.10. The highest BCUT2D eigenvalue weighted by Crippen LogP contribution is 2.31. The van der Waals surface area contributed by atoms with Crippen LogP contribution in [0.25, 0.3) is 0 Å². The summed E-state index contributed by atoms with van der Waals surface area (Å²) < 4.78 is 0. The first-order valence-corrected chi connectivity index (χ1v) is 7.56. The van der Waals surface area contributed by atoms with E-state index in [4.69, 9.17) is 0 Å². The van der Waals surface area contributed by atoms with Crippen LogP contribution < -0.4 is 5.32 Å². The van der Waals surface area contributed by atoms with Crippen molar-refractivity contribution in [3.05, 3.63) is 41.4 Å². The van der Waals surface area contributed by atoms with Gasteiger partial charge < -0.3 is 0 Å². The second-order valence-electron chi connectivity index (χ2n) is 4.83. The Labute approximate surface area is 121 Å². The van der Waals surface area contributed by atoms with Gasteiger partial charge in [0.2, 0.25) is 11.0 Å². The highest BCUT2D eigenvalue weighted by Gasteiger charge is 2.27. The number of nitrogens with one attached hydrogen (secondary N) is 1. The van der Waals surface area contributed by atoms with Crippen LogP contribution >= 0.6 is 11.3 Å². The van der Waals surface area contributed by atoms with Crippen LogP contribution in [0.4, 0.5) is 5.13 Å². The Balaban J connectivity index is 1.63. The number of anilines is 1. The third-order valence-corrected chi connectivity index (χ3v) is 4.11. The van der Waals surface area contributed by atoms with Gasteiger partial charge in [0.1, 0.15) is 5.51 Å². The van der Waals surface area contributed by atoms with Gasteiger partial charge in [-0.3, -0.25) is 15.0 Å². The number of hydrogen-bond acceptors (Lipinski definition) is 5. The Morgan fingerprint density at radius 2 is 2.25 bits per heavy atom. The van der Waals surface area contributed by atoms with E-state index in [9.17, 15) is 4.79 Å². The first-order valence-electron chi connectivity index (χ1n) is 6.68. The van der Waals surface area contributed by atoms with Crippen molar-refractivity contribution in [1.29, 1.82) is 0 Å². The fraction of sp³-hybridized carbons (Fsp3) is 0.357. The maximum Gasteiger partial charge on any atom is 0.240 e. The van der Waals surface area contributed by atoms with Crippen LogP contribution in [0.15, 0.2) is 35.8 Å². The monoisotopic (exact) mass is 288 g/mol. The van der Waals surface area contributed by atoms with Crippen molar-refractivity contribution >= 4 is 22.4 Å². The van der Waals surface area contributed by atoms with Gasteiger partial charge in [0.05, 0.1) is 6.54 Å². The zero-order valence-corrected chi connectivity index (χ0v) is 11.8. The molecule has 1 aliphatic rings. The van der Waals surface area contributed by atoms with Crippen molar-refractivity contribution < 1.29 is 4.79 Å². The average molecular weight is 288 g/mol. The zero-order valence-electron chi connectivity index (χ0n) is 11.0. The van der Waals surface area contributed by atoms with Crippen LogP contribution in [0.5, 0.6) is 0 Å². The highest BCUT2D eigenvalue weighted by atomic mass is 32.1. The predicted octanol–water partition coefficient (Wildman–Crippen LogP) is 2.31. The molecule has 6 heteroatoms. The van der Waals surface area contributed by atoms with Crippen molar-refractivity contribution in [2.45, 2.75) is 18.9 Å². The second kappa shape index (κ2) is 6.11. The number of carbonyl (C=O) groups excluding carboxylic acids is 1. The van der Waals surface area contributed by atoms with Crippen LogP contribution in [0, 0.1) is 0 Å². The smallest absolute Gasteiger partial charge is 0.240 e. The van der Waals surface area contributed by atoms with E-state index >= 15 is 0 Å². The summed E-state index contributed by atoms with van der Waals surface area (Å²) in [5.41, 5.74) is 2.90. The Kier molecular flexibility index (Phi) is 4.03. The number of likely N-dealkylation sites (tertiary alicyclic amines) is 1. The molecule has 1 N–H and O–H groups in total. The molecule has 2 aromatic rings. The third kappa shape index (κ3) is 3.02. The molecule has 1 fully saturated rings. The average Bonchev–Trinajstić information content (AvgIpc) is 3.11. The minimum absolute atomic E-state index is 0.0235. The number of rotatable bonds is 4. The SMILES string of the molecule is O=C(CN1CCC[C@@H]1c1ccccc1)Nc1nncs1. The normalized spacial score (nSPS) is 19.1. The van der Waals surface area contributed by atoms with Crippen LogP contribution in [-0.4, -0.2) is 34.1 Å². The van der Waals surface area contributed by atoms with Crippen LogP contribution in [0.3, 0.4) is 0 Å². The number of amides is 1. The van der Waals surface area contributed by atoms with Gasteiger partial charge in [0, 0.05) is 6.04 Å². The lowest BCUT2D eigenvalue weighted by Gasteiger charge is -2.23. The minimum atomic E-state index is -0.0235. The molecular weight excluding hydrogens is 272 g/mol. The molecule has 0 unspecified atom stereocenters. The van der Waals surface area contributed by atoms with Gasteiger partial charge >= 0.3 is 0 Å². The molecule has 0 spiro atoms. The fourth-order valence-electron chi connectivity index (χ4n) is 2.64. The standard InChI is InChI=1S/C14H16N4OS/c19-13(16-14-17-15-10-20-14)9-18-8-4-7-12(18)11-5-2-1-3-6-11/h1-3,5-6,10,12H,4,7-9H2,(H,16,17,19)/t12-/m1/s1. The van der Waals surface area contributed by atoms with Crippen LogP contribution in [0.1, 0.15) is 24.4 Å². The molecule has 20 heavy (non-hydrogen) atoms. The molecule has 104 valence electrons. The van der Waals surface area contributed by atoms with E-state index in [1.54, 1.807) is 5.51 Å². The van der Waals surface area contributed by atoms with Crippen LogP contribution in [0.2, 0.25) is 0 Å². The van der Waals surface area contributed by atoms with Gasteiger partial charge in [-0.05, 0) is 24.9 Å². The maximum atomic E-state index is 12.0. The number of aromatic nitrogens is 2. The van der Waals surface area contributed by atoms with E-state index in [1.807, 2.05) is 18.2 Å². The minimum Gasteiger partial charge on any atom is -0.299 e. The van der Waals surface area contributed by atoms with Gasteiger partial charge in [0.25, 0.3) is 0 Å². The van der Waals surface area contributed by atoms with E-state index in [0.717, 1.165) is 19.4 Å². The third-order valence-electron chi connectivity index (χ3n) is 3.50. The molecule has 0 radical (unpaired) electrons. The molecular formula is C14H16N4OS. The van der Waals surface area contributed by atoms with Gasteiger partial charge in [-0.1, -0.05) is 41.7 Å². The Morgan fingerprint density at radius 3 is 3.00 bits per heavy atom. The summed E-state index contributed by atoms with van der Waals surface area (Å²) in [4.78, 5) is 14.3. The van der Waals surface area contributed by atoms with Crippen molar-refractivity contribution in [2.24, 2.45) is 0 Å². The zero-order chi connectivity index (χ0) is 13.8. The topological polar surface area (TPSA) is 58.1 Å². The molecule has 1 atom stereocenters. The lowest BCUT2D eigenvalue weighted by Crippen LogP contribution is -2.32. The van der Waals surface area contributed by atoms with E-state index in [-0.39, 0.29) is 5.91 Å². The molecule has 1 aromatic heterocycles. The summed E-state index contributed by atoms with van der Waals surface area (Å²) in [7, 11) is 0. The van der Waals surface area contributed by atoms with Gasteiger partial charge in [-0.2, -0.15) is 0 Å². The Hall–Kier alpha value is -1.79. The highest BCUT2D eigenvalue weighted by molar-refractivity contribution is 7.13. The maximum absolute atomic E-state index is 12.0. The summed E-state index contributed by atoms with van der Waals surface area (Å²) in [5.74, 6) is -0.0235. The number of nitrogens with zero attached hydrogens (tertiary/aromatic N) is 3. The Bertz CT molecular complexity index is 558. The lowest BCUT2D eigenvalue weighted by molar-refractivity contribution is -0.117. The molecule has 5 nitrogen and oxygen atoms in total. The molecule has 1 aliphatic heterocycles. The van der Waals surface area contributed by atoms with Crippen molar-refractivity contribution in [2.75, 3.05) is 18.4 Å². The summed E-state index contributed by atoms with van der Waals surface area (Å²) in [5, 5.41) is 10.9. The number of carbonyl (C=O) groups is 1. The van der Waals surface area contributed by atoms with Crippen molar-refractivity contribution in [1.82, 2.24) is 15.1 Å². The summed E-state index contributed by atoms with van der Waals surface area (Å²) in [6.45, 7) is 1.36. The summed E-state index contributed by atoms with van der Waals surface area (Å²) in [6, 6.07) is 10.7. The number of benzene rings is 1. The largest absolute Gasteiger partial charge is 0.299 e. The van der Waals surface area contributed by atoms with E-state index in [2.05, 4.69) is 32.5 Å². The summed E-state index contributed by atoms with van der Waals surface area (Å²) >= 11 is 1.33. The van der Waals surface area contributed by atoms with E-state index < -0.39 is 0 Å². The molecule has 2 heterocycles. The van der Waals surface area contributed by atoms with E-state index in [0.29, 0.717) is 17.7 Å². The second-order valence-corrected chi connectivity index (χ2v) is 5.66. The number of hydrogen-bond donors (Lipinski definition) is 1. The predicted molar refractivity (Wildman–Crippen MR) is 78.5 cm³/mol. The van der Waals surface area contributed by atoms with Gasteiger partial charge in [-0.25, -0.2) is 0 Å². The molecule has 1 aromatic carbocycles. The molecule has 1 amide bonds. The molecule has 0 aliphatic carbocycles. The summed E-state index contributed by atoms with van der Waals surface area (Å²) in [6.07, 6.45) is 2.24. The lowest BCUT2D eigenvalue weighted by atomic mass is 10.0.